The Balaban J connectivity index is 2.26. The molecule has 0 fully saturated rings. The highest BCUT2D eigenvalue weighted by Crippen LogP contribution is 2.21. The molecular formula is C14H9IN2O2. The van der Waals surface area contributed by atoms with Gasteiger partial charge in [-0.05, 0) is 59.0 Å². The van der Waals surface area contributed by atoms with Crippen molar-refractivity contribution in [2.75, 3.05) is 5.32 Å². The molecule has 0 saturated heterocycles. The maximum atomic E-state index is 12.0. The number of anilines is 1. The number of hydrogen-bond acceptors (Lipinski definition) is 3. The Morgan fingerprint density at radius 1 is 1.26 bits per heavy atom. The van der Waals surface area contributed by atoms with Crippen molar-refractivity contribution in [3.05, 3.63) is 57.2 Å². The monoisotopic (exact) mass is 364 g/mol. The summed E-state index contributed by atoms with van der Waals surface area (Å²) in [6.45, 7) is 0. The summed E-state index contributed by atoms with van der Waals surface area (Å²) in [7, 11) is 0. The minimum absolute atomic E-state index is 0.0747. The van der Waals surface area contributed by atoms with E-state index in [1.54, 1.807) is 36.4 Å². The molecule has 2 aromatic carbocycles. The zero-order valence-corrected chi connectivity index (χ0v) is 11.9. The van der Waals surface area contributed by atoms with E-state index < -0.39 is 5.91 Å². The van der Waals surface area contributed by atoms with Crippen LogP contribution in [0, 0.1) is 14.9 Å². The van der Waals surface area contributed by atoms with Crippen molar-refractivity contribution in [3.63, 3.8) is 0 Å². The van der Waals surface area contributed by atoms with Crippen LogP contribution in [-0.2, 0) is 0 Å². The van der Waals surface area contributed by atoms with Gasteiger partial charge in [0.25, 0.3) is 5.91 Å². The molecule has 0 aliphatic rings. The number of carbonyl (C=O) groups excluding carboxylic acids is 1. The first-order valence-electron chi connectivity index (χ1n) is 5.40. The fourth-order valence-corrected chi connectivity index (χ4v) is 2.05. The SMILES string of the molecule is N#Cc1cccc(NC(=O)c2cc(I)ccc2O)c1. The number of nitriles is 1. The molecule has 0 aromatic heterocycles. The van der Waals surface area contributed by atoms with Gasteiger partial charge in [-0.1, -0.05) is 6.07 Å². The highest BCUT2D eigenvalue weighted by Gasteiger charge is 2.11. The average molecular weight is 364 g/mol. The Bertz CT molecular complexity index is 677. The lowest BCUT2D eigenvalue weighted by Gasteiger charge is -2.07. The molecule has 0 unspecified atom stereocenters. The lowest BCUT2D eigenvalue weighted by atomic mass is 10.1. The topological polar surface area (TPSA) is 73.1 Å². The van der Waals surface area contributed by atoms with Crippen LogP contribution in [0.4, 0.5) is 5.69 Å². The third-order valence-corrected chi connectivity index (χ3v) is 3.12. The highest BCUT2D eigenvalue weighted by atomic mass is 127. The summed E-state index contributed by atoms with van der Waals surface area (Å²) in [6, 6.07) is 13.4. The van der Waals surface area contributed by atoms with E-state index in [2.05, 4.69) is 27.9 Å². The van der Waals surface area contributed by atoms with Crippen LogP contribution in [0.5, 0.6) is 5.75 Å². The largest absolute Gasteiger partial charge is 0.507 e. The van der Waals surface area contributed by atoms with Crippen molar-refractivity contribution in [2.45, 2.75) is 0 Å². The minimum Gasteiger partial charge on any atom is -0.507 e. The molecule has 94 valence electrons. The quantitative estimate of drug-likeness (QED) is 0.805. The number of halogens is 1. The zero-order chi connectivity index (χ0) is 13.8. The van der Waals surface area contributed by atoms with Gasteiger partial charge >= 0.3 is 0 Å². The lowest BCUT2D eigenvalue weighted by molar-refractivity contribution is 0.102. The maximum absolute atomic E-state index is 12.0. The summed E-state index contributed by atoms with van der Waals surface area (Å²) < 4.78 is 0.853. The van der Waals surface area contributed by atoms with E-state index in [-0.39, 0.29) is 11.3 Å². The van der Waals surface area contributed by atoms with Gasteiger partial charge in [0.2, 0.25) is 0 Å². The van der Waals surface area contributed by atoms with Crippen LogP contribution in [0.1, 0.15) is 15.9 Å². The van der Waals surface area contributed by atoms with E-state index in [9.17, 15) is 9.90 Å². The van der Waals surface area contributed by atoms with Gasteiger partial charge in [-0.15, -0.1) is 0 Å². The van der Waals surface area contributed by atoms with Crippen molar-refractivity contribution < 1.29 is 9.90 Å². The fourth-order valence-electron chi connectivity index (χ4n) is 1.56. The van der Waals surface area contributed by atoms with E-state index in [4.69, 9.17) is 5.26 Å². The van der Waals surface area contributed by atoms with Crippen LogP contribution in [0.25, 0.3) is 0 Å². The molecule has 0 bridgehead atoms. The molecule has 19 heavy (non-hydrogen) atoms. The molecule has 5 heteroatoms. The maximum Gasteiger partial charge on any atom is 0.259 e. The molecular weight excluding hydrogens is 355 g/mol. The van der Waals surface area contributed by atoms with Crippen molar-refractivity contribution in [3.8, 4) is 11.8 Å². The Morgan fingerprint density at radius 2 is 2.05 bits per heavy atom. The van der Waals surface area contributed by atoms with E-state index in [1.165, 1.54) is 6.07 Å². The summed E-state index contributed by atoms with van der Waals surface area (Å²) in [5, 5.41) is 21.1. The molecule has 0 radical (unpaired) electrons. The molecule has 2 N–H and O–H groups in total. The zero-order valence-electron chi connectivity index (χ0n) is 9.72. The van der Waals surface area contributed by atoms with Crippen LogP contribution in [0.3, 0.4) is 0 Å². The second kappa shape index (κ2) is 5.71. The molecule has 2 aromatic rings. The number of nitrogens with one attached hydrogen (secondary N) is 1. The number of hydrogen-bond donors (Lipinski definition) is 2. The van der Waals surface area contributed by atoms with Crippen molar-refractivity contribution in [1.82, 2.24) is 0 Å². The van der Waals surface area contributed by atoms with Crippen molar-refractivity contribution in [1.29, 1.82) is 5.26 Å². The minimum atomic E-state index is -0.411. The van der Waals surface area contributed by atoms with Gasteiger partial charge in [-0.25, -0.2) is 0 Å². The van der Waals surface area contributed by atoms with Gasteiger partial charge in [-0.2, -0.15) is 5.26 Å². The second-order valence-corrected chi connectivity index (χ2v) is 5.05. The van der Waals surface area contributed by atoms with Crippen LogP contribution in [0.2, 0.25) is 0 Å². The molecule has 0 saturated carbocycles. The molecule has 4 nitrogen and oxygen atoms in total. The summed E-state index contributed by atoms with van der Waals surface area (Å²) in [5.41, 5.74) is 1.18. The van der Waals surface area contributed by atoms with Gasteiger partial charge in [0.1, 0.15) is 5.75 Å². The van der Waals surface area contributed by atoms with Crippen molar-refractivity contribution >= 4 is 34.2 Å². The summed E-state index contributed by atoms with van der Waals surface area (Å²) in [5.74, 6) is -0.486. The summed E-state index contributed by atoms with van der Waals surface area (Å²) >= 11 is 2.06. The first-order chi connectivity index (χ1) is 9.10. The standard InChI is InChI=1S/C14H9IN2O2/c15-10-4-5-13(18)12(7-10)14(19)17-11-3-1-2-9(6-11)8-16/h1-7,18H,(H,17,19). The Kier molecular flexibility index (Phi) is 4.02. The predicted octanol–water partition coefficient (Wildman–Crippen LogP) is 3.12. The smallest absolute Gasteiger partial charge is 0.259 e. The number of carbonyl (C=O) groups is 1. The summed E-state index contributed by atoms with van der Waals surface area (Å²) in [6.07, 6.45) is 0. The molecule has 0 aliphatic heterocycles. The van der Waals surface area contributed by atoms with Crippen LogP contribution >= 0.6 is 22.6 Å². The van der Waals surface area contributed by atoms with Gasteiger partial charge in [0.15, 0.2) is 0 Å². The van der Waals surface area contributed by atoms with Crippen LogP contribution in [-0.4, -0.2) is 11.0 Å². The molecule has 0 atom stereocenters. The Hall–Kier alpha value is -2.07. The number of aromatic hydroxyl groups is 1. The van der Waals surface area contributed by atoms with E-state index in [1.807, 2.05) is 6.07 Å². The molecule has 2 rings (SSSR count). The molecule has 0 spiro atoms. The van der Waals surface area contributed by atoms with Crippen LogP contribution < -0.4 is 5.32 Å². The number of phenols is 1. The lowest BCUT2D eigenvalue weighted by Crippen LogP contribution is -2.12. The predicted molar refractivity (Wildman–Crippen MR) is 79.9 cm³/mol. The number of amides is 1. The normalized spacial score (nSPS) is 9.68. The number of benzene rings is 2. The van der Waals surface area contributed by atoms with Crippen molar-refractivity contribution in [2.24, 2.45) is 0 Å². The van der Waals surface area contributed by atoms with E-state index in [0.29, 0.717) is 11.3 Å². The Morgan fingerprint density at radius 3 is 2.79 bits per heavy atom. The number of nitrogens with zero attached hydrogens (tertiary/aromatic N) is 1. The highest BCUT2D eigenvalue weighted by molar-refractivity contribution is 14.1. The Labute approximate surface area is 123 Å². The van der Waals surface area contributed by atoms with Gasteiger partial charge < -0.3 is 10.4 Å². The fraction of sp³-hybridized carbons (Fsp3) is 0. The third kappa shape index (κ3) is 3.23. The van der Waals surface area contributed by atoms with Gasteiger partial charge in [0, 0.05) is 9.26 Å². The van der Waals surface area contributed by atoms with E-state index in [0.717, 1.165) is 3.57 Å². The van der Waals surface area contributed by atoms with E-state index >= 15 is 0 Å². The second-order valence-electron chi connectivity index (χ2n) is 3.81. The third-order valence-electron chi connectivity index (χ3n) is 2.45. The first kappa shape index (κ1) is 13.4. The van der Waals surface area contributed by atoms with Gasteiger partial charge in [-0.3, -0.25) is 4.79 Å². The van der Waals surface area contributed by atoms with Crippen LogP contribution in [0.15, 0.2) is 42.5 Å². The average Bonchev–Trinajstić information content (AvgIpc) is 2.41. The number of phenolic OH excluding ortho intramolecular Hbond substituents is 1. The molecule has 0 aliphatic carbocycles. The number of rotatable bonds is 2. The molecule has 1 amide bonds. The molecule has 0 heterocycles. The summed E-state index contributed by atoms with van der Waals surface area (Å²) in [4.78, 5) is 12.0. The first-order valence-corrected chi connectivity index (χ1v) is 6.48. The van der Waals surface area contributed by atoms with Gasteiger partial charge in [0.05, 0.1) is 17.2 Å².